The van der Waals surface area contributed by atoms with Crippen molar-refractivity contribution in [3.05, 3.63) is 21.9 Å². The van der Waals surface area contributed by atoms with Gasteiger partial charge >= 0.3 is 5.97 Å². The highest BCUT2D eigenvalue weighted by Crippen LogP contribution is 2.17. The lowest BCUT2D eigenvalue weighted by atomic mass is 10.4. The molecule has 14 heavy (non-hydrogen) atoms. The number of nitrogens with zero attached hydrogens (tertiary/aromatic N) is 1. The quantitative estimate of drug-likeness (QED) is 0.765. The monoisotopic (exact) mass is 215 g/mol. The normalized spacial score (nSPS) is 10.8. The lowest BCUT2D eigenvalue weighted by molar-refractivity contribution is 0.0702. The molecule has 0 aliphatic rings. The van der Waals surface area contributed by atoms with Crippen molar-refractivity contribution < 1.29 is 15.0 Å². The predicted molar refractivity (Wildman–Crippen MR) is 54.7 cm³/mol. The summed E-state index contributed by atoms with van der Waals surface area (Å²) >= 11 is 1.27. The summed E-state index contributed by atoms with van der Waals surface area (Å²) in [7, 11) is 1.89. The Bertz CT molecular complexity index is 311. The largest absolute Gasteiger partial charge is 0.477 e. The molecule has 4 nitrogen and oxygen atoms in total. The Hall–Kier alpha value is -0.910. The molecule has 1 rings (SSSR count). The second-order valence-corrected chi connectivity index (χ2v) is 4.20. The predicted octanol–water partition coefficient (Wildman–Crippen LogP) is 0.870. The molecule has 0 saturated heterocycles. The van der Waals surface area contributed by atoms with Crippen molar-refractivity contribution >= 4 is 17.3 Å². The van der Waals surface area contributed by atoms with Crippen LogP contribution in [0, 0.1) is 0 Å². The molecular weight excluding hydrogens is 202 g/mol. The van der Waals surface area contributed by atoms with Gasteiger partial charge in [0.2, 0.25) is 0 Å². The van der Waals surface area contributed by atoms with Crippen LogP contribution in [0.15, 0.2) is 12.1 Å². The summed E-state index contributed by atoms with van der Waals surface area (Å²) in [6.45, 7) is 1.40. The molecule has 1 aromatic heterocycles. The minimum absolute atomic E-state index is 0.119. The highest BCUT2D eigenvalue weighted by atomic mass is 32.1. The van der Waals surface area contributed by atoms with Crippen molar-refractivity contribution in [3.8, 4) is 0 Å². The van der Waals surface area contributed by atoms with E-state index in [-0.39, 0.29) is 6.61 Å². The number of aromatic carboxylic acids is 1. The SMILES string of the molecule is CN(CCO)Cc1ccc(C(=O)O)s1. The first-order valence-electron chi connectivity index (χ1n) is 4.25. The van der Waals surface area contributed by atoms with E-state index < -0.39 is 5.97 Å². The molecule has 0 bridgehead atoms. The number of aliphatic hydroxyl groups is 1. The summed E-state index contributed by atoms with van der Waals surface area (Å²) in [5.41, 5.74) is 0. The van der Waals surface area contributed by atoms with Crippen LogP contribution in [0.3, 0.4) is 0 Å². The van der Waals surface area contributed by atoms with Crippen molar-refractivity contribution in [1.82, 2.24) is 4.90 Å². The second kappa shape index (κ2) is 5.09. The number of carboxylic acid groups (broad SMARTS) is 1. The first kappa shape index (κ1) is 11.2. The lowest BCUT2D eigenvalue weighted by Crippen LogP contribution is -2.20. The fraction of sp³-hybridized carbons (Fsp3) is 0.444. The van der Waals surface area contributed by atoms with Gasteiger partial charge in [-0.1, -0.05) is 0 Å². The molecule has 1 aromatic rings. The van der Waals surface area contributed by atoms with Gasteiger partial charge < -0.3 is 10.2 Å². The number of thiophene rings is 1. The zero-order valence-electron chi connectivity index (χ0n) is 7.93. The molecule has 0 spiro atoms. The summed E-state index contributed by atoms with van der Waals surface area (Å²) in [6, 6.07) is 3.41. The van der Waals surface area contributed by atoms with Gasteiger partial charge in [-0.05, 0) is 19.2 Å². The van der Waals surface area contributed by atoms with E-state index in [0.717, 1.165) is 4.88 Å². The Balaban J connectivity index is 2.55. The minimum Gasteiger partial charge on any atom is -0.477 e. The van der Waals surface area contributed by atoms with Crippen molar-refractivity contribution in [3.63, 3.8) is 0 Å². The summed E-state index contributed by atoms with van der Waals surface area (Å²) in [6.07, 6.45) is 0. The molecule has 0 aromatic carbocycles. The molecule has 0 radical (unpaired) electrons. The van der Waals surface area contributed by atoms with E-state index >= 15 is 0 Å². The van der Waals surface area contributed by atoms with Crippen LogP contribution in [0.5, 0.6) is 0 Å². The van der Waals surface area contributed by atoms with E-state index in [4.69, 9.17) is 10.2 Å². The number of carboxylic acids is 1. The summed E-state index contributed by atoms with van der Waals surface area (Å²) in [4.78, 5) is 13.9. The Labute approximate surface area is 86.4 Å². The zero-order valence-corrected chi connectivity index (χ0v) is 8.75. The topological polar surface area (TPSA) is 60.8 Å². The standard InChI is InChI=1S/C9H13NO3S/c1-10(4-5-11)6-7-2-3-8(14-7)9(12)13/h2-3,11H,4-6H2,1H3,(H,12,13). The summed E-state index contributed by atoms with van der Waals surface area (Å²) < 4.78 is 0. The van der Waals surface area contributed by atoms with Crippen LogP contribution in [0.2, 0.25) is 0 Å². The molecule has 0 amide bonds. The first-order chi connectivity index (χ1) is 6.63. The Morgan fingerprint density at radius 3 is 2.79 bits per heavy atom. The maximum absolute atomic E-state index is 10.6. The van der Waals surface area contributed by atoms with E-state index in [1.54, 1.807) is 6.07 Å². The number of likely N-dealkylation sites (N-methyl/N-ethyl adjacent to an activating group) is 1. The molecule has 78 valence electrons. The minimum atomic E-state index is -0.883. The van der Waals surface area contributed by atoms with Crippen molar-refractivity contribution in [2.45, 2.75) is 6.54 Å². The molecule has 5 heteroatoms. The van der Waals surface area contributed by atoms with Crippen LogP contribution in [-0.4, -0.2) is 41.3 Å². The summed E-state index contributed by atoms with van der Waals surface area (Å²) in [5, 5.41) is 17.4. The Morgan fingerprint density at radius 1 is 1.57 bits per heavy atom. The third-order valence-corrected chi connectivity index (χ3v) is 2.84. The molecular formula is C9H13NO3S. The maximum Gasteiger partial charge on any atom is 0.345 e. The molecule has 1 heterocycles. The average Bonchev–Trinajstić information content (AvgIpc) is 2.53. The number of hydrogen-bond donors (Lipinski definition) is 2. The van der Waals surface area contributed by atoms with Gasteiger partial charge in [0.05, 0.1) is 6.61 Å². The Morgan fingerprint density at radius 2 is 2.29 bits per heavy atom. The van der Waals surface area contributed by atoms with E-state index in [9.17, 15) is 4.79 Å². The van der Waals surface area contributed by atoms with Gasteiger partial charge in [0, 0.05) is 18.0 Å². The van der Waals surface area contributed by atoms with Crippen LogP contribution >= 0.6 is 11.3 Å². The van der Waals surface area contributed by atoms with Crippen LogP contribution in [0.4, 0.5) is 0 Å². The second-order valence-electron chi connectivity index (χ2n) is 3.03. The highest BCUT2D eigenvalue weighted by molar-refractivity contribution is 7.13. The smallest absolute Gasteiger partial charge is 0.345 e. The molecule has 2 N–H and O–H groups in total. The summed E-state index contributed by atoms with van der Waals surface area (Å²) in [5.74, 6) is -0.883. The molecule has 0 aliphatic heterocycles. The fourth-order valence-corrected chi connectivity index (χ4v) is 2.02. The molecule has 0 saturated carbocycles. The van der Waals surface area contributed by atoms with Gasteiger partial charge in [0.1, 0.15) is 4.88 Å². The van der Waals surface area contributed by atoms with Gasteiger partial charge in [-0.2, -0.15) is 0 Å². The van der Waals surface area contributed by atoms with Crippen molar-refractivity contribution in [2.75, 3.05) is 20.2 Å². The fourth-order valence-electron chi connectivity index (χ4n) is 1.09. The van der Waals surface area contributed by atoms with Crippen LogP contribution in [0.25, 0.3) is 0 Å². The number of aliphatic hydroxyl groups excluding tert-OH is 1. The van der Waals surface area contributed by atoms with Crippen molar-refractivity contribution in [1.29, 1.82) is 0 Å². The highest BCUT2D eigenvalue weighted by Gasteiger charge is 2.07. The van der Waals surface area contributed by atoms with E-state index in [1.807, 2.05) is 18.0 Å². The van der Waals surface area contributed by atoms with Gasteiger partial charge in [0.25, 0.3) is 0 Å². The van der Waals surface area contributed by atoms with E-state index in [0.29, 0.717) is 18.0 Å². The molecule has 0 unspecified atom stereocenters. The van der Waals surface area contributed by atoms with Gasteiger partial charge in [-0.3, -0.25) is 4.90 Å². The van der Waals surface area contributed by atoms with Crippen LogP contribution in [0.1, 0.15) is 14.5 Å². The van der Waals surface area contributed by atoms with E-state index in [2.05, 4.69) is 0 Å². The van der Waals surface area contributed by atoms with Gasteiger partial charge in [-0.15, -0.1) is 11.3 Å². The van der Waals surface area contributed by atoms with Gasteiger partial charge in [0.15, 0.2) is 0 Å². The lowest BCUT2D eigenvalue weighted by Gasteiger charge is -2.12. The zero-order chi connectivity index (χ0) is 10.6. The molecule has 0 aliphatic carbocycles. The average molecular weight is 215 g/mol. The van der Waals surface area contributed by atoms with Crippen molar-refractivity contribution in [2.24, 2.45) is 0 Å². The third-order valence-electron chi connectivity index (χ3n) is 1.78. The third kappa shape index (κ3) is 3.10. The molecule has 0 atom stereocenters. The Kier molecular flexibility index (Phi) is 4.06. The van der Waals surface area contributed by atoms with E-state index in [1.165, 1.54) is 11.3 Å². The first-order valence-corrected chi connectivity index (χ1v) is 5.06. The number of hydrogen-bond acceptors (Lipinski definition) is 4. The van der Waals surface area contributed by atoms with Crippen LogP contribution < -0.4 is 0 Å². The van der Waals surface area contributed by atoms with Gasteiger partial charge in [-0.25, -0.2) is 4.79 Å². The molecule has 0 fully saturated rings. The maximum atomic E-state index is 10.6. The van der Waals surface area contributed by atoms with Crippen LogP contribution in [-0.2, 0) is 6.54 Å². The number of rotatable bonds is 5. The number of carbonyl (C=O) groups is 1.